The number of hydrogen-bond donors (Lipinski definition) is 1. The summed E-state index contributed by atoms with van der Waals surface area (Å²) in [5, 5.41) is 3.40. The second kappa shape index (κ2) is 6.39. The van der Waals surface area contributed by atoms with Crippen LogP contribution >= 0.6 is 0 Å². The van der Waals surface area contributed by atoms with Gasteiger partial charge in [0.15, 0.2) is 0 Å². The minimum atomic E-state index is 0.648. The van der Waals surface area contributed by atoms with Crippen LogP contribution in [-0.4, -0.2) is 25.8 Å². The van der Waals surface area contributed by atoms with Crippen LogP contribution < -0.4 is 5.32 Å². The predicted molar refractivity (Wildman–Crippen MR) is 55.9 cm³/mol. The molecule has 1 atom stereocenters. The fraction of sp³-hybridized carbons (Fsp3) is 1.00. The summed E-state index contributed by atoms with van der Waals surface area (Å²) in [4.78, 5) is 0. The van der Waals surface area contributed by atoms with Gasteiger partial charge in [-0.3, -0.25) is 0 Å². The Hall–Kier alpha value is -0.0800. The van der Waals surface area contributed by atoms with E-state index in [1.54, 1.807) is 0 Å². The highest BCUT2D eigenvalue weighted by Gasteiger charge is 2.20. The van der Waals surface area contributed by atoms with Crippen molar-refractivity contribution in [3.63, 3.8) is 0 Å². The van der Waals surface area contributed by atoms with E-state index in [1.807, 2.05) is 0 Å². The molecule has 1 rings (SSSR count). The highest BCUT2D eigenvalue weighted by molar-refractivity contribution is 4.71. The lowest BCUT2D eigenvalue weighted by molar-refractivity contribution is 0.119. The molecule has 0 bridgehead atoms. The van der Waals surface area contributed by atoms with Crippen molar-refractivity contribution >= 4 is 0 Å². The average Bonchev–Trinajstić information content (AvgIpc) is 2.88. The van der Waals surface area contributed by atoms with E-state index in [9.17, 15) is 0 Å². The van der Waals surface area contributed by atoms with Crippen LogP contribution in [0.25, 0.3) is 0 Å². The van der Waals surface area contributed by atoms with Gasteiger partial charge in [-0.05, 0) is 45.1 Å². The Bertz CT molecular complexity index is 123. The molecule has 13 heavy (non-hydrogen) atoms. The smallest absolute Gasteiger partial charge is 0.0494 e. The molecule has 0 radical (unpaired) electrons. The molecule has 1 aliphatic carbocycles. The van der Waals surface area contributed by atoms with E-state index in [1.165, 1.54) is 25.7 Å². The summed E-state index contributed by atoms with van der Waals surface area (Å²) in [5.74, 6) is 0.909. The molecular formula is C11H23NO. The third-order valence-corrected chi connectivity index (χ3v) is 2.53. The summed E-state index contributed by atoms with van der Waals surface area (Å²) in [6.45, 7) is 7.43. The lowest BCUT2D eigenvalue weighted by Gasteiger charge is -2.11. The maximum atomic E-state index is 5.56. The monoisotopic (exact) mass is 185 g/mol. The second-order valence-electron chi connectivity index (χ2n) is 4.12. The maximum absolute atomic E-state index is 5.56. The van der Waals surface area contributed by atoms with Gasteiger partial charge in [0, 0.05) is 19.3 Å². The normalized spacial score (nSPS) is 18.9. The predicted octanol–water partition coefficient (Wildman–Crippen LogP) is 2.19. The van der Waals surface area contributed by atoms with E-state index < -0.39 is 0 Å². The van der Waals surface area contributed by atoms with Gasteiger partial charge in [-0.1, -0.05) is 6.92 Å². The SMILES string of the molecule is CCNC(C)CCCOCC1CC1. The molecule has 1 aliphatic rings. The molecule has 0 amide bonds. The molecule has 1 N–H and O–H groups in total. The van der Waals surface area contributed by atoms with Crippen LogP contribution in [0.4, 0.5) is 0 Å². The van der Waals surface area contributed by atoms with Crippen molar-refractivity contribution in [3.8, 4) is 0 Å². The molecule has 0 aromatic carbocycles. The summed E-state index contributed by atoms with van der Waals surface area (Å²) in [6, 6.07) is 0.648. The first-order valence-corrected chi connectivity index (χ1v) is 5.64. The van der Waals surface area contributed by atoms with E-state index in [0.717, 1.165) is 25.7 Å². The molecule has 0 heterocycles. The molecule has 0 aromatic heterocycles. The Kier molecular flexibility index (Phi) is 5.40. The van der Waals surface area contributed by atoms with Crippen LogP contribution in [0.3, 0.4) is 0 Å². The van der Waals surface area contributed by atoms with Gasteiger partial charge in [-0.25, -0.2) is 0 Å². The third-order valence-electron chi connectivity index (χ3n) is 2.53. The van der Waals surface area contributed by atoms with Crippen molar-refractivity contribution in [1.82, 2.24) is 5.32 Å². The van der Waals surface area contributed by atoms with E-state index in [4.69, 9.17) is 4.74 Å². The van der Waals surface area contributed by atoms with Crippen LogP contribution in [0.15, 0.2) is 0 Å². The zero-order valence-corrected chi connectivity index (χ0v) is 9.01. The van der Waals surface area contributed by atoms with Gasteiger partial charge in [0.2, 0.25) is 0 Å². The zero-order chi connectivity index (χ0) is 9.52. The van der Waals surface area contributed by atoms with Crippen molar-refractivity contribution in [3.05, 3.63) is 0 Å². The summed E-state index contributed by atoms with van der Waals surface area (Å²) in [5.41, 5.74) is 0. The molecule has 0 saturated heterocycles. The van der Waals surface area contributed by atoms with Crippen molar-refractivity contribution in [1.29, 1.82) is 0 Å². The fourth-order valence-electron chi connectivity index (χ4n) is 1.48. The van der Waals surface area contributed by atoms with Crippen LogP contribution in [0.2, 0.25) is 0 Å². The van der Waals surface area contributed by atoms with Crippen molar-refractivity contribution in [2.75, 3.05) is 19.8 Å². The van der Waals surface area contributed by atoms with Gasteiger partial charge in [0.05, 0.1) is 0 Å². The van der Waals surface area contributed by atoms with E-state index in [0.29, 0.717) is 6.04 Å². The topological polar surface area (TPSA) is 21.3 Å². The molecule has 0 aliphatic heterocycles. The van der Waals surface area contributed by atoms with E-state index >= 15 is 0 Å². The van der Waals surface area contributed by atoms with Crippen molar-refractivity contribution in [2.45, 2.75) is 45.6 Å². The van der Waals surface area contributed by atoms with Crippen LogP contribution in [0.1, 0.15) is 39.5 Å². The minimum absolute atomic E-state index is 0.648. The lowest BCUT2D eigenvalue weighted by Crippen LogP contribution is -2.25. The Morgan fingerprint density at radius 1 is 1.46 bits per heavy atom. The van der Waals surface area contributed by atoms with Gasteiger partial charge >= 0.3 is 0 Å². The van der Waals surface area contributed by atoms with Gasteiger partial charge in [-0.2, -0.15) is 0 Å². The van der Waals surface area contributed by atoms with Crippen molar-refractivity contribution < 1.29 is 4.74 Å². The van der Waals surface area contributed by atoms with Gasteiger partial charge < -0.3 is 10.1 Å². The molecule has 78 valence electrons. The highest BCUT2D eigenvalue weighted by atomic mass is 16.5. The van der Waals surface area contributed by atoms with Crippen LogP contribution in [-0.2, 0) is 4.74 Å². The average molecular weight is 185 g/mol. The first kappa shape index (κ1) is 11.0. The summed E-state index contributed by atoms with van der Waals surface area (Å²) >= 11 is 0. The van der Waals surface area contributed by atoms with Gasteiger partial charge in [0.25, 0.3) is 0 Å². The van der Waals surface area contributed by atoms with Gasteiger partial charge in [-0.15, -0.1) is 0 Å². The summed E-state index contributed by atoms with van der Waals surface area (Å²) < 4.78 is 5.56. The van der Waals surface area contributed by atoms with E-state index in [2.05, 4.69) is 19.2 Å². The highest BCUT2D eigenvalue weighted by Crippen LogP contribution is 2.28. The largest absolute Gasteiger partial charge is 0.381 e. The standard InChI is InChI=1S/C11H23NO/c1-3-12-10(2)5-4-8-13-9-11-6-7-11/h10-12H,3-9H2,1-2H3. The number of ether oxygens (including phenoxy) is 1. The molecule has 1 unspecified atom stereocenters. The Labute approximate surface area is 82.0 Å². The number of nitrogens with one attached hydrogen (secondary N) is 1. The first-order valence-electron chi connectivity index (χ1n) is 5.64. The Balaban J connectivity index is 1.76. The molecule has 1 saturated carbocycles. The molecule has 0 spiro atoms. The fourth-order valence-corrected chi connectivity index (χ4v) is 1.48. The maximum Gasteiger partial charge on any atom is 0.0494 e. The van der Waals surface area contributed by atoms with Crippen LogP contribution in [0.5, 0.6) is 0 Å². The molecule has 1 fully saturated rings. The first-order chi connectivity index (χ1) is 6.33. The second-order valence-corrected chi connectivity index (χ2v) is 4.12. The van der Waals surface area contributed by atoms with E-state index in [-0.39, 0.29) is 0 Å². The molecular weight excluding hydrogens is 162 g/mol. The summed E-state index contributed by atoms with van der Waals surface area (Å²) in [6.07, 6.45) is 5.22. The zero-order valence-electron chi connectivity index (χ0n) is 9.01. The molecule has 2 nitrogen and oxygen atoms in total. The Morgan fingerprint density at radius 3 is 2.85 bits per heavy atom. The number of rotatable bonds is 8. The number of hydrogen-bond acceptors (Lipinski definition) is 2. The molecule has 2 heteroatoms. The lowest BCUT2D eigenvalue weighted by atomic mass is 10.2. The minimum Gasteiger partial charge on any atom is -0.381 e. The van der Waals surface area contributed by atoms with Crippen LogP contribution in [0, 0.1) is 5.92 Å². The summed E-state index contributed by atoms with van der Waals surface area (Å²) in [7, 11) is 0. The van der Waals surface area contributed by atoms with Gasteiger partial charge in [0.1, 0.15) is 0 Å². The quantitative estimate of drug-likeness (QED) is 0.585. The van der Waals surface area contributed by atoms with Crippen molar-refractivity contribution in [2.24, 2.45) is 5.92 Å². The Morgan fingerprint density at radius 2 is 2.23 bits per heavy atom. The third kappa shape index (κ3) is 6.05. The molecule has 0 aromatic rings.